The fourth-order valence-corrected chi connectivity index (χ4v) is 2.12. The van der Waals surface area contributed by atoms with Gasteiger partial charge < -0.3 is 14.1 Å². The Labute approximate surface area is 142 Å². The van der Waals surface area contributed by atoms with Crippen LogP contribution >= 0.6 is 15.9 Å². The maximum absolute atomic E-state index is 11.9. The minimum atomic E-state index is -0.598. The van der Waals surface area contributed by atoms with Gasteiger partial charge in [0.2, 0.25) is 0 Å². The maximum Gasteiger partial charge on any atom is 0.331 e. The van der Waals surface area contributed by atoms with E-state index in [1.165, 1.54) is 17.1 Å². The molecule has 6 heteroatoms. The summed E-state index contributed by atoms with van der Waals surface area (Å²) in [7, 11) is 1.67. The van der Waals surface area contributed by atoms with E-state index in [1.54, 1.807) is 19.2 Å². The van der Waals surface area contributed by atoms with Crippen LogP contribution < -0.4 is 0 Å². The second kappa shape index (κ2) is 8.33. The number of esters is 1. The summed E-state index contributed by atoms with van der Waals surface area (Å²) in [6.07, 6.45) is 2.70. The molecule has 0 radical (unpaired) electrons. The Morgan fingerprint density at radius 3 is 2.61 bits per heavy atom. The molecule has 0 aliphatic carbocycles. The van der Waals surface area contributed by atoms with Crippen molar-refractivity contribution in [2.24, 2.45) is 0 Å². The topological polar surface area (TPSA) is 59.8 Å². The molecular weight excluding hydrogens is 362 g/mol. The standard InChI is InChI=1S/C17H16BrNO4/c1-19(11-13-5-3-2-4-6-13)16(20)12-22-17(21)10-8-14-7-9-15(18)23-14/h2-10H,11-12H2,1H3/b10-8+. The van der Waals surface area contributed by atoms with E-state index in [2.05, 4.69) is 15.9 Å². The summed E-state index contributed by atoms with van der Waals surface area (Å²) in [6, 6.07) is 13.0. The van der Waals surface area contributed by atoms with Gasteiger partial charge in [-0.25, -0.2) is 4.79 Å². The lowest BCUT2D eigenvalue weighted by atomic mass is 10.2. The first-order valence-corrected chi connectivity index (χ1v) is 7.72. The molecule has 2 rings (SSSR count). The normalized spacial score (nSPS) is 10.7. The summed E-state index contributed by atoms with van der Waals surface area (Å²) >= 11 is 3.17. The third-order valence-corrected chi connectivity index (χ3v) is 3.43. The molecule has 0 N–H and O–H groups in total. The van der Waals surface area contributed by atoms with E-state index in [0.717, 1.165) is 5.56 Å². The zero-order chi connectivity index (χ0) is 16.7. The molecule has 0 bridgehead atoms. The first kappa shape index (κ1) is 17.0. The lowest BCUT2D eigenvalue weighted by Gasteiger charge is -2.16. The van der Waals surface area contributed by atoms with Crippen LogP contribution in [0.5, 0.6) is 0 Å². The Bertz CT molecular complexity index is 694. The molecule has 1 aromatic heterocycles. The predicted octanol–water partition coefficient (Wildman–Crippen LogP) is 3.26. The molecule has 23 heavy (non-hydrogen) atoms. The van der Waals surface area contributed by atoms with E-state index in [9.17, 15) is 9.59 Å². The number of carbonyl (C=O) groups is 2. The molecule has 0 unspecified atom stereocenters. The van der Waals surface area contributed by atoms with Gasteiger partial charge in [-0.05, 0) is 39.7 Å². The number of carbonyl (C=O) groups excluding carboxylic acids is 2. The second-order valence-corrected chi connectivity index (χ2v) is 5.60. The Balaban J connectivity index is 1.77. The average Bonchev–Trinajstić information content (AvgIpc) is 2.97. The third kappa shape index (κ3) is 5.75. The minimum absolute atomic E-state index is 0.267. The highest BCUT2D eigenvalue weighted by Gasteiger charge is 2.11. The van der Waals surface area contributed by atoms with Crippen LogP contribution in [0.4, 0.5) is 0 Å². The summed E-state index contributed by atoms with van der Waals surface area (Å²) in [6.45, 7) is 0.168. The van der Waals surface area contributed by atoms with Crippen molar-refractivity contribution in [3.8, 4) is 0 Å². The van der Waals surface area contributed by atoms with Crippen LogP contribution in [0.25, 0.3) is 6.08 Å². The van der Waals surface area contributed by atoms with E-state index in [0.29, 0.717) is 17.0 Å². The van der Waals surface area contributed by atoms with Crippen molar-refractivity contribution in [3.05, 3.63) is 64.5 Å². The molecule has 0 aliphatic rings. The fourth-order valence-electron chi connectivity index (χ4n) is 1.80. The van der Waals surface area contributed by atoms with Crippen LogP contribution in [0.1, 0.15) is 11.3 Å². The largest absolute Gasteiger partial charge is 0.452 e. The third-order valence-electron chi connectivity index (χ3n) is 3.00. The van der Waals surface area contributed by atoms with Crippen molar-refractivity contribution >= 4 is 33.9 Å². The highest BCUT2D eigenvalue weighted by molar-refractivity contribution is 9.10. The Hall–Kier alpha value is -2.34. The van der Waals surface area contributed by atoms with Crippen molar-refractivity contribution in [1.82, 2.24) is 4.90 Å². The Morgan fingerprint density at radius 2 is 1.96 bits per heavy atom. The molecule has 2 aromatic rings. The molecule has 0 atom stereocenters. The van der Waals surface area contributed by atoms with Crippen LogP contribution in [0.15, 0.2) is 57.6 Å². The van der Waals surface area contributed by atoms with Gasteiger partial charge in [0.1, 0.15) is 5.76 Å². The van der Waals surface area contributed by atoms with Crippen LogP contribution in [0, 0.1) is 0 Å². The van der Waals surface area contributed by atoms with Crippen molar-refractivity contribution in [2.45, 2.75) is 6.54 Å². The summed E-state index contributed by atoms with van der Waals surface area (Å²) in [4.78, 5) is 25.0. The molecule has 1 aromatic carbocycles. The van der Waals surface area contributed by atoms with Crippen LogP contribution in [0.3, 0.4) is 0 Å². The van der Waals surface area contributed by atoms with Crippen molar-refractivity contribution in [2.75, 3.05) is 13.7 Å². The quantitative estimate of drug-likeness (QED) is 0.572. The number of amides is 1. The van der Waals surface area contributed by atoms with E-state index in [4.69, 9.17) is 9.15 Å². The van der Waals surface area contributed by atoms with Crippen LogP contribution in [-0.4, -0.2) is 30.4 Å². The van der Waals surface area contributed by atoms with Gasteiger partial charge in [-0.15, -0.1) is 0 Å². The molecule has 1 heterocycles. The van der Waals surface area contributed by atoms with Crippen LogP contribution in [-0.2, 0) is 20.9 Å². The predicted molar refractivity (Wildman–Crippen MR) is 89.3 cm³/mol. The first-order chi connectivity index (χ1) is 11.0. The molecule has 120 valence electrons. The number of hydrogen-bond acceptors (Lipinski definition) is 4. The number of ether oxygens (including phenoxy) is 1. The fraction of sp³-hybridized carbons (Fsp3) is 0.176. The lowest BCUT2D eigenvalue weighted by molar-refractivity contribution is -0.147. The minimum Gasteiger partial charge on any atom is -0.452 e. The number of furan rings is 1. The Kier molecular flexibility index (Phi) is 6.17. The number of hydrogen-bond donors (Lipinski definition) is 0. The van der Waals surface area contributed by atoms with Crippen LogP contribution in [0.2, 0.25) is 0 Å². The average molecular weight is 378 g/mol. The van der Waals surface area contributed by atoms with Crippen molar-refractivity contribution in [3.63, 3.8) is 0 Å². The van der Waals surface area contributed by atoms with Gasteiger partial charge in [0.25, 0.3) is 5.91 Å². The maximum atomic E-state index is 11.9. The number of rotatable bonds is 6. The van der Waals surface area contributed by atoms with Gasteiger partial charge in [0.05, 0.1) is 0 Å². The summed E-state index contributed by atoms with van der Waals surface area (Å²) < 4.78 is 10.7. The highest BCUT2D eigenvalue weighted by Crippen LogP contribution is 2.15. The highest BCUT2D eigenvalue weighted by atomic mass is 79.9. The number of likely N-dealkylation sites (N-methyl/N-ethyl adjacent to an activating group) is 1. The van der Waals surface area contributed by atoms with Gasteiger partial charge in [-0.2, -0.15) is 0 Å². The summed E-state index contributed by atoms with van der Waals surface area (Å²) in [5.41, 5.74) is 1.01. The molecule has 0 aliphatic heterocycles. The lowest BCUT2D eigenvalue weighted by Crippen LogP contribution is -2.30. The van der Waals surface area contributed by atoms with E-state index < -0.39 is 5.97 Å². The van der Waals surface area contributed by atoms with Gasteiger partial charge in [-0.1, -0.05) is 30.3 Å². The molecule has 1 amide bonds. The van der Waals surface area contributed by atoms with E-state index in [1.807, 2.05) is 30.3 Å². The summed E-state index contributed by atoms with van der Waals surface area (Å²) in [5, 5.41) is 0. The molecule has 0 saturated carbocycles. The molecule has 0 saturated heterocycles. The molecular formula is C17H16BrNO4. The smallest absolute Gasteiger partial charge is 0.331 e. The van der Waals surface area contributed by atoms with Crippen molar-refractivity contribution in [1.29, 1.82) is 0 Å². The van der Waals surface area contributed by atoms with Gasteiger partial charge in [0.15, 0.2) is 11.3 Å². The van der Waals surface area contributed by atoms with E-state index >= 15 is 0 Å². The van der Waals surface area contributed by atoms with E-state index in [-0.39, 0.29) is 12.5 Å². The first-order valence-electron chi connectivity index (χ1n) is 6.92. The number of nitrogens with zero attached hydrogens (tertiary/aromatic N) is 1. The van der Waals surface area contributed by atoms with Gasteiger partial charge in [0, 0.05) is 19.7 Å². The number of benzene rings is 1. The monoisotopic (exact) mass is 377 g/mol. The zero-order valence-electron chi connectivity index (χ0n) is 12.6. The van der Waals surface area contributed by atoms with Crippen molar-refractivity contribution < 1.29 is 18.7 Å². The summed E-state index contributed by atoms with van der Waals surface area (Å²) in [5.74, 6) is -0.350. The Morgan fingerprint density at radius 1 is 1.22 bits per heavy atom. The zero-order valence-corrected chi connectivity index (χ0v) is 14.2. The molecule has 5 nitrogen and oxygen atoms in total. The number of halogens is 1. The molecule has 0 fully saturated rings. The van der Waals surface area contributed by atoms with Gasteiger partial charge >= 0.3 is 5.97 Å². The second-order valence-electron chi connectivity index (χ2n) is 4.82. The molecule has 0 spiro atoms. The SMILES string of the molecule is CN(Cc1ccccc1)C(=O)COC(=O)/C=C/c1ccc(Br)o1. The van der Waals surface area contributed by atoms with Gasteiger partial charge in [-0.3, -0.25) is 4.79 Å².